The number of hydrogen-bond donors (Lipinski definition) is 1. The zero-order valence-electron chi connectivity index (χ0n) is 15.6. The van der Waals surface area contributed by atoms with E-state index in [4.69, 9.17) is 4.74 Å². The summed E-state index contributed by atoms with van der Waals surface area (Å²) in [5.74, 6) is -0.153. The number of carbonyl (C=O) groups excluding carboxylic acids is 1. The van der Waals surface area contributed by atoms with Gasteiger partial charge in [-0.2, -0.15) is 5.10 Å². The molecule has 0 aromatic heterocycles. The molecule has 0 aliphatic carbocycles. The molecular formula is C22H16BrN3O4. The van der Waals surface area contributed by atoms with E-state index in [1.54, 1.807) is 42.5 Å². The molecular weight excluding hydrogens is 450 g/mol. The Balaban J connectivity index is 1.63. The molecule has 3 aromatic rings. The largest absolute Gasteiger partial charge is 0.423 e. The van der Waals surface area contributed by atoms with Crippen LogP contribution in [0.1, 0.15) is 11.1 Å². The highest BCUT2D eigenvalue weighted by Gasteiger charge is 2.06. The molecule has 150 valence electrons. The minimum atomic E-state index is -0.512. The number of nitrogens with zero attached hydrogens (tertiary/aromatic N) is 2. The highest BCUT2D eigenvalue weighted by atomic mass is 79.9. The Bertz CT molecular complexity index is 1090. The number of hydrazone groups is 1. The van der Waals surface area contributed by atoms with Crippen molar-refractivity contribution in [3.05, 3.63) is 105 Å². The average Bonchev–Trinajstić information content (AvgIpc) is 2.75. The molecule has 30 heavy (non-hydrogen) atoms. The molecule has 0 atom stereocenters. The lowest BCUT2D eigenvalue weighted by Crippen LogP contribution is -2.05. The molecule has 0 radical (unpaired) electrons. The Morgan fingerprint density at radius 2 is 1.73 bits per heavy atom. The minimum Gasteiger partial charge on any atom is -0.423 e. The Labute approximate surface area is 181 Å². The second-order valence-corrected chi connectivity index (χ2v) is 6.93. The summed E-state index contributed by atoms with van der Waals surface area (Å²) in [6.07, 6.45) is 4.52. The van der Waals surface area contributed by atoms with Gasteiger partial charge in [-0.05, 0) is 48.0 Å². The van der Waals surface area contributed by atoms with E-state index in [9.17, 15) is 14.9 Å². The number of non-ortho nitro benzene ring substituents is 1. The lowest BCUT2D eigenvalue weighted by Gasteiger charge is -2.05. The first-order valence-corrected chi connectivity index (χ1v) is 9.58. The van der Waals surface area contributed by atoms with Crippen molar-refractivity contribution in [3.8, 4) is 5.75 Å². The van der Waals surface area contributed by atoms with Crippen molar-refractivity contribution >= 4 is 45.6 Å². The molecule has 0 aliphatic heterocycles. The maximum Gasteiger partial charge on any atom is 0.336 e. The first-order chi connectivity index (χ1) is 14.5. The number of nitro groups is 1. The molecule has 0 fully saturated rings. The summed E-state index contributed by atoms with van der Waals surface area (Å²) in [6, 6.07) is 20.3. The second kappa shape index (κ2) is 10.1. The number of ether oxygens (including phenoxy) is 1. The van der Waals surface area contributed by atoms with Gasteiger partial charge in [-0.3, -0.25) is 15.5 Å². The molecule has 0 amide bonds. The van der Waals surface area contributed by atoms with Crippen LogP contribution in [-0.2, 0) is 4.79 Å². The van der Waals surface area contributed by atoms with Gasteiger partial charge in [-0.15, -0.1) is 0 Å². The first-order valence-electron chi connectivity index (χ1n) is 8.79. The van der Waals surface area contributed by atoms with Gasteiger partial charge < -0.3 is 4.74 Å². The van der Waals surface area contributed by atoms with Crippen molar-refractivity contribution in [1.82, 2.24) is 0 Å². The topological polar surface area (TPSA) is 93.8 Å². The quantitative estimate of drug-likeness (QED) is 0.125. The van der Waals surface area contributed by atoms with Gasteiger partial charge in [0.15, 0.2) is 0 Å². The van der Waals surface area contributed by atoms with Crippen LogP contribution in [0, 0.1) is 10.1 Å². The Morgan fingerprint density at radius 1 is 1.03 bits per heavy atom. The van der Waals surface area contributed by atoms with Gasteiger partial charge in [0.05, 0.1) is 16.8 Å². The predicted octanol–water partition coefficient (Wildman–Crippen LogP) is 5.42. The maximum absolute atomic E-state index is 12.2. The third-order valence-electron chi connectivity index (χ3n) is 3.89. The van der Waals surface area contributed by atoms with Crippen molar-refractivity contribution in [2.45, 2.75) is 0 Å². The van der Waals surface area contributed by atoms with Crippen LogP contribution in [-0.4, -0.2) is 17.1 Å². The van der Waals surface area contributed by atoms with Crippen molar-refractivity contribution < 1.29 is 14.5 Å². The predicted molar refractivity (Wildman–Crippen MR) is 120 cm³/mol. The highest BCUT2D eigenvalue weighted by Crippen LogP contribution is 2.18. The molecule has 0 unspecified atom stereocenters. The number of nitro benzene ring substituents is 1. The summed E-state index contributed by atoms with van der Waals surface area (Å²) in [7, 11) is 0. The molecule has 7 nitrogen and oxygen atoms in total. The molecule has 0 aliphatic rings. The average molecular weight is 466 g/mol. The van der Waals surface area contributed by atoms with Crippen LogP contribution in [0.15, 0.2) is 88.4 Å². The van der Waals surface area contributed by atoms with Crippen molar-refractivity contribution in [1.29, 1.82) is 0 Å². The van der Waals surface area contributed by atoms with Gasteiger partial charge in [0.25, 0.3) is 5.69 Å². The number of esters is 1. The number of halogens is 1. The fourth-order valence-corrected chi connectivity index (χ4v) is 2.66. The second-order valence-electron chi connectivity index (χ2n) is 6.02. The van der Waals surface area contributed by atoms with Gasteiger partial charge in [-0.25, -0.2) is 4.79 Å². The van der Waals surface area contributed by atoms with E-state index in [1.165, 1.54) is 24.4 Å². The van der Waals surface area contributed by atoms with E-state index >= 15 is 0 Å². The summed E-state index contributed by atoms with van der Waals surface area (Å²) >= 11 is 3.36. The van der Waals surface area contributed by atoms with Crippen LogP contribution in [0.3, 0.4) is 0 Å². The molecule has 0 saturated carbocycles. The number of nitrogens with one attached hydrogen (secondary N) is 1. The fraction of sp³-hybridized carbons (Fsp3) is 0. The molecule has 3 aromatic carbocycles. The van der Waals surface area contributed by atoms with E-state index in [-0.39, 0.29) is 5.69 Å². The van der Waals surface area contributed by atoms with Crippen molar-refractivity contribution in [2.75, 3.05) is 5.43 Å². The molecule has 1 N–H and O–H groups in total. The Morgan fingerprint density at radius 3 is 2.43 bits per heavy atom. The number of carbonyl (C=O) groups is 1. The number of benzene rings is 3. The Kier molecular flexibility index (Phi) is 7.07. The molecule has 0 spiro atoms. The normalized spacial score (nSPS) is 11.0. The van der Waals surface area contributed by atoms with Crippen LogP contribution in [0.5, 0.6) is 5.75 Å². The molecule has 0 bridgehead atoms. The van der Waals surface area contributed by atoms with Crippen molar-refractivity contribution in [2.24, 2.45) is 5.10 Å². The third kappa shape index (κ3) is 6.11. The summed E-state index contributed by atoms with van der Waals surface area (Å²) in [5.41, 5.74) is 4.83. The maximum atomic E-state index is 12.2. The molecule has 0 heterocycles. The monoisotopic (exact) mass is 465 g/mol. The smallest absolute Gasteiger partial charge is 0.336 e. The molecule has 8 heteroatoms. The van der Waals surface area contributed by atoms with E-state index in [2.05, 4.69) is 26.5 Å². The van der Waals surface area contributed by atoms with E-state index in [1.807, 2.05) is 24.3 Å². The number of rotatable bonds is 7. The van der Waals surface area contributed by atoms with Crippen LogP contribution in [0.25, 0.3) is 6.08 Å². The van der Waals surface area contributed by atoms with Crippen LogP contribution in [0.2, 0.25) is 0 Å². The summed E-state index contributed by atoms with van der Waals surface area (Å²) in [6.45, 7) is 0. The lowest BCUT2D eigenvalue weighted by molar-refractivity contribution is -0.384. The first kappa shape index (κ1) is 20.9. The SMILES string of the molecule is O=C(/C=C\c1ccc(Br)cc1)Oc1ccccc1C=NNc1ccc([N+](=O)[O-])cc1. The molecule has 3 rings (SSSR count). The summed E-state index contributed by atoms with van der Waals surface area (Å²) < 4.78 is 6.36. The lowest BCUT2D eigenvalue weighted by atomic mass is 10.2. The van der Waals surface area contributed by atoms with Gasteiger partial charge in [0, 0.05) is 28.2 Å². The van der Waals surface area contributed by atoms with Gasteiger partial charge in [0.1, 0.15) is 5.75 Å². The summed E-state index contributed by atoms with van der Waals surface area (Å²) in [5, 5.41) is 14.8. The number of para-hydroxylation sites is 1. The van der Waals surface area contributed by atoms with Crippen LogP contribution >= 0.6 is 15.9 Å². The van der Waals surface area contributed by atoms with Crippen molar-refractivity contribution in [3.63, 3.8) is 0 Å². The standard InChI is InChI=1S/C22H16BrN3O4/c23-18-8-5-16(6-9-18)7-14-22(27)30-21-4-2-1-3-17(21)15-24-25-19-10-12-20(13-11-19)26(28)29/h1-15,25H/b14-7-,24-15?. The Hall–Kier alpha value is -3.78. The van der Waals surface area contributed by atoms with Crippen LogP contribution in [0.4, 0.5) is 11.4 Å². The van der Waals surface area contributed by atoms with E-state index < -0.39 is 10.9 Å². The number of anilines is 1. The van der Waals surface area contributed by atoms with Gasteiger partial charge in [0.2, 0.25) is 0 Å². The zero-order valence-corrected chi connectivity index (χ0v) is 17.2. The van der Waals surface area contributed by atoms with Gasteiger partial charge >= 0.3 is 5.97 Å². The number of hydrogen-bond acceptors (Lipinski definition) is 6. The van der Waals surface area contributed by atoms with E-state index in [0.29, 0.717) is 17.0 Å². The highest BCUT2D eigenvalue weighted by molar-refractivity contribution is 9.10. The third-order valence-corrected chi connectivity index (χ3v) is 4.42. The van der Waals surface area contributed by atoms with Crippen LogP contribution < -0.4 is 10.2 Å². The van der Waals surface area contributed by atoms with Gasteiger partial charge in [-0.1, -0.05) is 40.2 Å². The molecule has 0 saturated heterocycles. The van der Waals surface area contributed by atoms with E-state index in [0.717, 1.165) is 10.0 Å². The fourth-order valence-electron chi connectivity index (χ4n) is 2.39. The summed E-state index contributed by atoms with van der Waals surface area (Å²) in [4.78, 5) is 22.4. The minimum absolute atomic E-state index is 0.00187. The zero-order chi connectivity index (χ0) is 21.3.